The van der Waals surface area contributed by atoms with Crippen LogP contribution in [0.4, 0.5) is 4.39 Å². The Balaban J connectivity index is 2.16. The maximum absolute atomic E-state index is 13.5. The van der Waals surface area contributed by atoms with E-state index in [9.17, 15) is 14.0 Å². The highest BCUT2D eigenvalue weighted by atomic mass is 19.1. The van der Waals surface area contributed by atoms with Gasteiger partial charge in [-0.15, -0.1) is 0 Å². The Morgan fingerprint density at radius 2 is 2.26 bits per heavy atom. The normalized spacial score (nSPS) is 22.4. The fourth-order valence-corrected chi connectivity index (χ4v) is 2.34. The number of aromatic nitrogens is 1. The minimum absolute atomic E-state index is 0.00356. The van der Waals surface area contributed by atoms with Gasteiger partial charge in [0.25, 0.3) is 5.91 Å². The van der Waals surface area contributed by atoms with Gasteiger partial charge in [0.15, 0.2) is 5.82 Å². The van der Waals surface area contributed by atoms with Gasteiger partial charge < -0.3 is 10.2 Å². The highest BCUT2D eigenvalue weighted by Crippen LogP contribution is 2.31. The van der Waals surface area contributed by atoms with E-state index in [2.05, 4.69) is 10.3 Å². The number of nitrogens with one attached hydrogen (secondary N) is 1. The molecular weight excluding hydrogens is 249 g/mol. The molecule has 0 spiro atoms. The molecule has 1 fully saturated rings. The molecule has 102 valence electrons. The second kappa shape index (κ2) is 4.95. The number of carbonyl (C=O) groups excluding carboxylic acids is 2. The molecular formula is C13H16FN3O2. The first-order chi connectivity index (χ1) is 8.98. The van der Waals surface area contributed by atoms with Gasteiger partial charge in [-0.2, -0.15) is 0 Å². The molecule has 0 saturated carbocycles. The van der Waals surface area contributed by atoms with Crippen molar-refractivity contribution >= 4 is 11.8 Å². The van der Waals surface area contributed by atoms with E-state index in [0.717, 1.165) is 6.20 Å². The molecule has 1 unspecified atom stereocenters. The number of rotatable bonds is 2. The van der Waals surface area contributed by atoms with E-state index < -0.39 is 17.1 Å². The molecule has 0 aliphatic carbocycles. The smallest absolute Gasteiger partial charge is 0.256 e. The summed E-state index contributed by atoms with van der Waals surface area (Å²) in [5.41, 5.74) is -0.607. The number of hydrogen-bond donors (Lipinski definition) is 1. The maximum atomic E-state index is 13.5. The van der Waals surface area contributed by atoms with Gasteiger partial charge in [0.1, 0.15) is 0 Å². The van der Waals surface area contributed by atoms with E-state index in [-0.39, 0.29) is 11.5 Å². The lowest BCUT2D eigenvalue weighted by Gasteiger charge is -2.22. The Morgan fingerprint density at radius 1 is 1.53 bits per heavy atom. The van der Waals surface area contributed by atoms with E-state index >= 15 is 0 Å². The van der Waals surface area contributed by atoms with Crippen molar-refractivity contribution in [2.75, 3.05) is 20.1 Å². The second-order valence-corrected chi connectivity index (χ2v) is 4.97. The van der Waals surface area contributed by atoms with Crippen LogP contribution in [-0.4, -0.2) is 41.8 Å². The van der Waals surface area contributed by atoms with Crippen LogP contribution in [0.3, 0.4) is 0 Å². The lowest BCUT2D eigenvalue weighted by molar-refractivity contribution is -0.128. The largest absolute Gasteiger partial charge is 0.359 e. The molecule has 6 heteroatoms. The molecule has 1 saturated heterocycles. The molecule has 1 aromatic rings. The quantitative estimate of drug-likeness (QED) is 0.861. The number of nitrogens with zero attached hydrogens (tertiary/aromatic N) is 2. The Labute approximate surface area is 110 Å². The summed E-state index contributed by atoms with van der Waals surface area (Å²) in [5, 5.41) is 2.60. The van der Waals surface area contributed by atoms with Gasteiger partial charge in [-0.05, 0) is 19.4 Å². The molecule has 2 rings (SSSR count). The van der Waals surface area contributed by atoms with Crippen molar-refractivity contribution in [3.05, 3.63) is 29.8 Å². The average molecular weight is 265 g/mol. The summed E-state index contributed by atoms with van der Waals surface area (Å²) in [6, 6.07) is 1.35. The van der Waals surface area contributed by atoms with Gasteiger partial charge in [0.05, 0.1) is 17.2 Å². The summed E-state index contributed by atoms with van der Waals surface area (Å²) < 4.78 is 13.5. The minimum Gasteiger partial charge on any atom is -0.359 e. The number of hydrogen-bond acceptors (Lipinski definition) is 3. The Bertz CT molecular complexity index is 520. The molecule has 1 aromatic heterocycles. The summed E-state index contributed by atoms with van der Waals surface area (Å²) in [5.74, 6) is -1.13. The standard InChI is InChI=1S/C13H16FN3O2/c1-13(12(19)15-2)4-6-17(8-13)11(18)9-3-5-16-7-10(9)14/h3,5,7H,4,6,8H2,1-2H3,(H,15,19). The molecule has 2 amide bonds. The molecule has 2 heterocycles. The Kier molecular flexibility index (Phi) is 3.50. The summed E-state index contributed by atoms with van der Waals surface area (Å²) in [6.07, 6.45) is 2.97. The van der Waals surface area contributed by atoms with Gasteiger partial charge in [-0.25, -0.2) is 4.39 Å². The third-order valence-corrected chi connectivity index (χ3v) is 3.54. The number of likely N-dealkylation sites (tertiary alicyclic amines) is 1. The molecule has 0 aromatic carbocycles. The van der Waals surface area contributed by atoms with Crippen LogP contribution >= 0.6 is 0 Å². The van der Waals surface area contributed by atoms with E-state index in [4.69, 9.17) is 0 Å². The van der Waals surface area contributed by atoms with Crippen LogP contribution in [0.1, 0.15) is 23.7 Å². The fourth-order valence-electron chi connectivity index (χ4n) is 2.34. The average Bonchev–Trinajstić information content (AvgIpc) is 2.81. The molecule has 1 aliphatic rings. The van der Waals surface area contributed by atoms with Crippen LogP contribution in [0.25, 0.3) is 0 Å². The predicted molar refractivity (Wildman–Crippen MR) is 66.9 cm³/mol. The molecule has 0 radical (unpaired) electrons. The molecule has 19 heavy (non-hydrogen) atoms. The number of pyridine rings is 1. The van der Waals surface area contributed by atoms with E-state index in [1.165, 1.54) is 17.2 Å². The summed E-state index contributed by atoms with van der Waals surface area (Å²) in [7, 11) is 1.57. The van der Waals surface area contributed by atoms with Crippen molar-refractivity contribution in [3.8, 4) is 0 Å². The summed E-state index contributed by atoms with van der Waals surface area (Å²) in [4.78, 5) is 29.1. The monoisotopic (exact) mass is 265 g/mol. The van der Waals surface area contributed by atoms with E-state index in [1.54, 1.807) is 7.05 Å². The molecule has 5 nitrogen and oxygen atoms in total. The van der Waals surface area contributed by atoms with E-state index in [0.29, 0.717) is 19.5 Å². The zero-order valence-electron chi connectivity index (χ0n) is 10.9. The van der Waals surface area contributed by atoms with Crippen LogP contribution in [0.15, 0.2) is 18.5 Å². The maximum Gasteiger partial charge on any atom is 0.256 e. The zero-order chi connectivity index (χ0) is 14.0. The predicted octanol–water partition coefficient (Wildman–Crippen LogP) is 0.819. The fraction of sp³-hybridized carbons (Fsp3) is 0.462. The first kappa shape index (κ1) is 13.5. The second-order valence-electron chi connectivity index (χ2n) is 4.97. The van der Waals surface area contributed by atoms with E-state index in [1.807, 2.05) is 6.92 Å². The van der Waals surface area contributed by atoms with Gasteiger partial charge in [-0.1, -0.05) is 0 Å². The van der Waals surface area contributed by atoms with Crippen LogP contribution in [0, 0.1) is 11.2 Å². The number of amides is 2. The highest BCUT2D eigenvalue weighted by molar-refractivity contribution is 5.95. The van der Waals surface area contributed by atoms with Crippen LogP contribution in [-0.2, 0) is 4.79 Å². The van der Waals surface area contributed by atoms with Crippen molar-refractivity contribution in [1.29, 1.82) is 0 Å². The first-order valence-corrected chi connectivity index (χ1v) is 6.09. The third-order valence-electron chi connectivity index (χ3n) is 3.54. The van der Waals surface area contributed by atoms with Crippen molar-refractivity contribution in [3.63, 3.8) is 0 Å². The van der Waals surface area contributed by atoms with Crippen molar-refractivity contribution < 1.29 is 14.0 Å². The minimum atomic E-state index is -0.638. The van der Waals surface area contributed by atoms with Crippen molar-refractivity contribution in [2.24, 2.45) is 5.41 Å². The lowest BCUT2D eigenvalue weighted by atomic mass is 9.89. The van der Waals surface area contributed by atoms with Gasteiger partial charge >= 0.3 is 0 Å². The molecule has 1 N–H and O–H groups in total. The Morgan fingerprint density at radius 3 is 2.89 bits per heavy atom. The highest BCUT2D eigenvalue weighted by Gasteiger charge is 2.41. The van der Waals surface area contributed by atoms with Crippen LogP contribution in [0.5, 0.6) is 0 Å². The first-order valence-electron chi connectivity index (χ1n) is 6.09. The summed E-state index contributed by atoms with van der Waals surface area (Å²) in [6.45, 7) is 2.56. The SMILES string of the molecule is CNC(=O)C1(C)CCN(C(=O)c2ccncc2F)C1. The molecule has 1 atom stereocenters. The lowest BCUT2D eigenvalue weighted by Crippen LogP contribution is -2.40. The molecule has 0 bridgehead atoms. The van der Waals surface area contributed by atoms with Crippen molar-refractivity contribution in [2.45, 2.75) is 13.3 Å². The molecule has 1 aliphatic heterocycles. The van der Waals surface area contributed by atoms with Gasteiger partial charge in [0.2, 0.25) is 5.91 Å². The zero-order valence-corrected chi connectivity index (χ0v) is 10.9. The summed E-state index contributed by atoms with van der Waals surface area (Å²) >= 11 is 0. The number of halogens is 1. The van der Waals surface area contributed by atoms with Crippen molar-refractivity contribution in [1.82, 2.24) is 15.2 Å². The van der Waals surface area contributed by atoms with Crippen LogP contribution in [0.2, 0.25) is 0 Å². The third kappa shape index (κ3) is 2.43. The number of carbonyl (C=O) groups is 2. The van der Waals surface area contributed by atoms with Gasteiger partial charge in [-0.3, -0.25) is 14.6 Å². The van der Waals surface area contributed by atoms with Gasteiger partial charge in [0, 0.05) is 26.3 Å². The Hall–Kier alpha value is -1.98. The topological polar surface area (TPSA) is 62.3 Å². The van der Waals surface area contributed by atoms with Crippen LogP contribution < -0.4 is 5.32 Å².